The van der Waals surface area contributed by atoms with Gasteiger partial charge in [-0.25, -0.2) is 9.97 Å². The van der Waals surface area contributed by atoms with Crippen LogP contribution in [0.15, 0.2) is 12.3 Å². The van der Waals surface area contributed by atoms with Gasteiger partial charge >= 0.3 is 0 Å². The molecule has 0 aliphatic carbocycles. The summed E-state index contributed by atoms with van der Waals surface area (Å²) in [7, 11) is 3.24. The minimum Gasteiger partial charge on any atom is -0.345 e. The van der Waals surface area contributed by atoms with E-state index >= 15 is 0 Å². The molecule has 0 aliphatic rings. The number of hydrogen-bond acceptors (Lipinski definition) is 4. The van der Waals surface area contributed by atoms with Crippen LogP contribution in [0.4, 0.5) is 0 Å². The van der Waals surface area contributed by atoms with Crippen molar-refractivity contribution in [1.29, 1.82) is 0 Å². The van der Waals surface area contributed by atoms with Crippen LogP contribution in [0.3, 0.4) is 0 Å². The van der Waals surface area contributed by atoms with Crippen molar-refractivity contribution < 1.29 is 9.59 Å². The fraction of sp³-hybridized carbons (Fsp3) is 0.429. The molecule has 0 aliphatic heterocycles. The Labute approximate surface area is 117 Å². The maximum Gasteiger partial charge on any atom is 0.274 e. The molecule has 20 heavy (non-hydrogen) atoms. The first-order valence-electron chi connectivity index (χ1n) is 6.33. The molecule has 0 saturated carbocycles. The number of carbonyl (C=O) groups excluding carboxylic acids is 2. The van der Waals surface area contributed by atoms with E-state index in [4.69, 9.17) is 0 Å². The number of aromatic nitrogens is 3. The Kier molecular flexibility index (Phi) is 3.33. The third kappa shape index (κ3) is 2.41. The van der Waals surface area contributed by atoms with Gasteiger partial charge in [-0.1, -0.05) is 20.8 Å². The molecule has 106 valence electrons. The topological polar surface area (TPSA) is 79.0 Å². The van der Waals surface area contributed by atoms with Gasteiger partial charge in [-0.05, 0) is 6.07 Å². The maximum absolute atomic E-state index is 12.5. The lowest BCUT2D eigenvalue weighted by atomic mass is 9.88. The van der Waals surface area contributed by atoms with Gasteiger partial charge in [0.2, 0.25) is 0 Å². The fourth-order valence-corrected chi connectivity index (χ4v) is 1.74. The molecule has 2 aromatic heterocycles. The first kappa shape index (κ1) is 14.2. The lowest BCUT2D eigenvalue weighted by molar-refractivity contribution is 0.0795. The van der Waals surface area contributed by atoms with E-state index in [0.29, 0.717) is 11.2 Å². The summed E-state index contributed by atoms with van der Waals surface area (Å²) in [5, 5.41) is 0. The molecule has 6 nitrogen and oxygen atoms in total. The van der Waals surface area contributed by atoms with Gasteiger partial charge in [0, 0.05) is 25.7 Å². The Hall–Kier alpha value is -2.24. The molecule has 0 fully saturated rings. The highest BCUT2D eigenvalue weighted by Gasteiger charge is 2.30. The SMILES string of the molecule is CN(C)C(=O)c1nc2cc[nH]c2nc1C(=O)C(C)(C)C. The second-order valence-corrected chi connectivity index (χ2v) is 5.91. The summed E-state index contributed by atoms with van der Waals surface area (Å²) in [6.45, 7) is 5.37. The van der Waals surface area contributed by atoms with E-state index in [1.54, 1.807) is 47.1 Å². The largest absolute Gasteiger partial charge is 0.345 e. The number of aromatic amines is 1. The van der Waals surface area contributed by atoms with Crippen LogP contribution in [-0.4, -0.2) is 45.6 Å². The van der Waals surface area contributed by atoms with E-state index in [9.17, 15) is 9.59 Å². The van der Waals surface area contributed by atoms with E-state index in [0.717, 1.165) is 0 Å². The highest BCUT2D eigenvalue weighted by Crippen LogP contribution is 2.23. The van der Waals surface area contributed by atoms with Crippen molar-refractivity contribution in [2.24, 2.45) is 5.41 Å². The normalized spacial score (nSPS) is 11.7. The molecular weight excluding hydrogens is 256 g/mol. The van der Waals surface area contributed by atoms with E-state index in [-0.39, 0.29) is 23.1 Å². The number of Topliss-reactive ketones (excluding diaryl/α,β-unsaturated/α-hetero) is 1. The zero-order valence-electron chi connectivity index (χ0n) is 12.3. The number of fused-ring (bicyclic) bond motifs is 1. The van der Waals surface area contributed by atoms with Gasteiger partial charge in [-0.2, -0.15) is 0 Å². The average molecular weight is 274 g/mol. The third-order valence-corrected chi connectivity index (χ3v) is 2.89. The molecule has 0 spiro atoms. The molecule has 2 aromatic rings. The minimum atomic E-state index is -0.629. The van der Waals surface area contributed by atoms with Crippen molar-refractivity contribution in [3.8, 4) is 0 Å². The number of hydrogen-bond donors (Lipinski definition) is 1. The van der Waals surface area contributed by atoms with Crippen LogP contribution >= 0.6 is 0 Å². The molecular formula is C14H18N4O2. The molecule has 0 aromatic carbocycles. The highest BCUT2D eigenvalue weighted by molar-refractivity contribution is 6.08. The standard InChI is InChI=1S/C14H18N4O2/c1-14(2,3)11(19)9-10(13(20)18(4)5)16-8-6-7-15-12(8)17-9/h6-7H,1-5H3,(H,15,17). The number of amides is 1. The van der Waals surface area contributed by atoms with E-state index < -0.39 is 5.41 Å². The lowest BCUT2D eigenvalue weighted by Gasteiger charge is -2.18. The number of carbonyl (C=O) groups is 2. The molecule has 2 heterocycles. The molecule has 0 unspecified atom stereocenters. The summed E-state index contributed by atoms with van der Waals surface area (Å²) in [5.41, 5.74) is 0.665. The van der Waals surface area contributed by atoms with E-state index in [1.165, 1.54) is 4.90 Å². The quantitative estimate of drug-likeness (QED) is 0.848. The van der Waals surface area contributed by atoms with E-state index in [2.05, 4.69) is 15.0 Å². The molecule has 0 saturated heterocycles. The average Bonchev–Trinajstić information content (AvgIpc) is 2.81. The summed E-state index contributed by atoms with van der Waals surface area (Å²) in [6.07, 6.45) is 1.68. The Balaban J connectivity index is 2.69. The van der Waals surface area contributed by atoms with E-state index in [1.807, 2.05) is 0 Å². The van der Waals surface area contributed by atoms with Gasteiger partial charge in [-0.15, -0.1) is 0 Å². The second-order valence-electron chi connectivity index (χ2n) is 5.91. The van der Waals surface area contributed by atoms with Crippen molar-refractivity contribution in [3.63, 3.8) is 0 Å². The van der Waals surface area contributed by atoms with Crippen LogP contribution in [0.2, 0.25) is 0 Å². The predicted molar refractivity (Wildman–Crippen MR) is 75.7 cm³/mol. The number of rotatable bonds is 2. The van der Waals surface area contributed by atoms with Gasteiger partial charge in [0.25, 0.3) is 5.91 Å². The summed E-state index contributed by atoms with van der Waals surface area (Å²) < 4.78 is 0. The molecule has 0 atom stereocenters. The fourth-order valence-electron chi connectivity index (χ4n) is 1.74. The summed E-state index contributed by atoms with van der Waals surface area (Å²) >= 11 is 0. The zero-order chi connectivity index (χ0) is 15.1. The van der Waals surface area contributed by atoms with Crippen LogP contribution in [0, 0.1) is 5.41 Å². The van der Waals surface area contributed by atoms with Crippen molar-refractivity contribution in [1.82, 2.24) is 19.9 Å². The van der Waals surface area contributed by atoms with Gasteiger partial charge in [0.15, 0.2) is 17.1 Å². The Morgan fingerprint density at radius 1 is 1.15 bits per heavy atom. The first-order chi connectivity index (χ1) is 9.21. The summed E-state index contributed by atoms with van der Waals surface area (Å²) in [4.78, 5) is 37.6. The van der Waals surface area contributed by atoms with Crippen LogP contribution in [0.25, 0.3) is 11.2 Å². The number of H-pyrrole nitrogens is 1. The van der Waals surface area contributed by atoms with Gasteiger partial charge < -0.3 is 9.88 Å². The number of nitrogens with zero attached hydrogens (tertiary/aromatic N) is 3. The third-order valence-electron chi connectivity index (χ3n) is 2.89. The van der Waals surface area contributed by atoms with Crippen LogP contribution in [0.5, 0.6) is 0 Å². The van der Waals surface area contributed by atoms with Gasteiger partial charge in [-0.3, -0.25) is 9.59 Å². The molecule has 0 radical (unpaired) electrons. The first-order valence-corrected chi connectivity index (χ1v) is 6.33. The number of ketones is 1. The number of nitrogens with one attached hydrogen (secondary N) is 1. The summed E-state index contributed by atoms with van der Waals surface area (Å²) in [5.74, 6) is -0.528. The van der Waals surface area contributed by atoms with Crippen molar-refractivity contribution in [2.45, 2.75) is 20.8 Å². The molecule has 6 heteroatoms. The Morgan fingerprint density at radius 2 is 1.80 bits per heavy atom. The Morgan fingerprint density at radius 3 is 2.35 bits per heavy atom. The molecule has 2 rings (SSSR count). The molecule has 1 N–H and O–H groups in total. The lowest BCUT2D eigenvalue weighted by Crippen LogP contribution is -2.29. The monoisotopic (exact) mass is 274 g/mol. The van der Waals surface area contributed by atoms with Crippen molar-refractivity contribution in [2.75, 3.05) is 14.1 Å². The summed E-state index contributed by atoms with van der Waals surface area (Å²) in [6, 6.07) is 1.72. The molecule has 0 bridgehead atoms. The van der Waals surface area contributed by atoms with Gasteiger partial charge in [0.05, 0.1) is 0 Å². The highest BCUT2D eigenvalue weighted by atomic mass is 16.2. The Bertz CT molecular complexity index is 680. The predicted octanol–water partition coefficient (Wildman–Crippen LogP) is 1.89. The second kappa shape index (κ2) is 4.70. The minimum absolute atomic E-state index is 0.0991. The van der Waals surface area contributed by atoms with Gasteiger partial charge in [0.1, 0.15) is 11.2 Å². The molecule has 1 amide bonds. The van der Waals surface area contributed by atoms with Crippen molar-refractivity contribution in [3.05, 3.63) is 23.7 Å². The van der Waals surface area contributed by atoms with Crippen LogP contribution in [0.1, 0.15) is 41.7 Å². The van der Waals surface area contributed by atoms with Crippen LogP contribution in [-0.2, 0) is 0 Å². The zero-order valence-corrected chi connectivity index (χ0v) is 12.3. The smallest absolute Gasteiger partial charge is 0.274 e. The van der Waals surface area contributed by atoms with Crippen molar-refractivity contribution >= 4 is 22.9 Å². The van der Waals surface area contributed by atoms with Crippen LogP contribution < -0.4 is 0 Å². The maximum atomic E-state index is 12.5.